The quantitative estimate of drug-likeness (QED) is 0.896. The molecular weight excluding hydrogens is 300 g/mol. The molecule has 0 radical (unpaired) electrons. The summed E-state index contributed by atoms with van der Waals surface area (Å²) in [6.45, 7) is 5.10. The Morgan fingerprint density at radius 2 is 2.17 bits per heavy atom. The molecule has 2 aliphatic heterocycles. The van der Waals surface area contributed by atoms with Crippen LogP contribution in [0.2, 0.25) is 0 Å². The second-order valence-electron chi connectivity index (χ2n) is 6.78. The average Bonchev–Trinajstić information content (AvgIpc) is 3.28. The molecule has 0 amide bonds. The van der Waals surface area contributed by atoms with Gasteiger partial charge in [0.2, 0.25) is 0 Å². The minimum Gasteiger partial charge on any atom is -0.356 e. The van der Waals surface area contributed by atoms with Crippen molar-refractivity contribution in [1.29, 1.82) is 0 Å². The van der Waals surface area contributed by atoms with E-state index in [9.17, 15) is 0 Å². The third kappa shape index (κ3) is 2.70. The summed E-state index contributed by atoms with van der Waals surface area (Å²) in [5.41, 5.74) is 3.70. The third-order valence-corrected chi connectivity index (χ3v) is 5.20. The molecule has 0 saturated heterocycles. The lowest BCUT2D eigenvalue weighted by molar-refractivity contribution is 0.204. The van der Waals surface area contributed by atoms with E-state index in [-0.39, 0.29) is 6.17 Å². The van der Waals surface area contributed by atoms with E-state index in [0.29, 0.717) is 6.04 Å². The summed E-state index contributed by atoms with van der Waals surface area (Å²) in [5.74, 6) is 0.891. The molecular formula is C18H26N6. The fourth-order valence-corrected chi connectivity index (χ4v) is 4.01. The third-order valence-electron chi connectivity index (χ3n) is 5.20. The van der Waals surface area contributed by atoms with Gasteiger partial charge in [0.1, 0.15) is 6.17 Å². The summed E-state index contributed by atoms with van der Waals surface area (Å²) >= 11 is 0. The number of fused-ring (bicyclic) bond motifs is 1. The van der Waals surface area contributed by atoms with Crippen molar-refractivity contribution >= 4 is 11.7 Å². The molecule has 0 bridgehead atoms. The topological polar surface area (TPSA) is 57.5 Å². The van der Waals surface area contributed by atoms with Crippen LogP contribution < -0.4 is 10.6 Å². The zero-order valence-electron chi connectivity index (χ0n) is 14.5. The molecule has 6 nitrogen and oxygen atoms in total. The van der Waals surface area contributed by atoms with Gasteiger partial charge < -0.3 is 15.5 Å². The number of allylic oxidation sites excluding steroid dienone is 2. The van der Waals surface area contributed by atoms with Gasteiger partial charge in [-0.2, -0.15) is 5.10 Å². The van der Waals surface area contributed by atoms with E-state index in [1.807, 2.05) is 23.1 Å². The standard InChI is InChI=1S/C18H26N6/c1-3-19-18-21-13(2)16-11-15(24-10-6-9-20-24)12-23(17(16)22-18)14-7-4-5-8-14/h6,9-10,12,14,17H,3-5,7-8,11H2,1-2H3,(H2,19,21,22). The number of aromatic nitrogens is 2. The Morgan fingerprint density at radius 3 is 2.88 bits per heavy atom. The van der Waals surface area contributed by atoms with Gasteiger partial charge in [0, 0.05) is 43.3 Å². The van der Waals surface area contributed by atoms with Crippen LogP contribution in [0.4, 0.5) is 0 Å². The lowest BCUT2D eigenvalue weighted by atomic mass is 9.97. The molecule has 0 aromatic carbocycles. The van der Waals surface area contributed by atoms with Crippen LogP contribution in [0.25, 0.3) is 5.70 Å². The van der Waals surface area contributed by atoms with Crippen LogP contribution in [0.1, 0.15) is 46.0 Å². The molecule has 4 rings (SSSR count). The zero-order valence-corrected chi connectivity index (χ0v) is 14.5. The van der Waals surface area contributed by atoms with Gasteiger partial charge >= 0.3 is 0 Å². The van der Waals surface area contributed by atoms with E-state index in [2.05, 4.69) is 40.7 Å². The number of hydrogen-bond acceptors (Lipinski definition) is 5. The average molecular weight is 326 g/mol. The van der Waals surface area contributed by atoms with Crippen molar-refractivity contribution in [3.05, 3.63) is 35.9 Å². The summed E-state index contributed by atoms with van der Waals surface area (Å²) < 4.78 is 1.99. The Bertz CT molecular complexity index is 678. The second-order valence-corrected chi connectivity index (χ2v) is 6.78. The van der Waals surface area contributed by atoms with Crippen molar-refractivity contribution in [3.63, 3.8) is 0 Å². The minimum atomic E-state index is 0.207. The first kappa shape index (κ1) is 15.3. The molecule has 3 heterocycles. The van der Waals surface area contributed by atoms with Crippen molar-refractivity contribution in [2.75, 3.05) is 6.54 Å². The number of rotatable bonds is 3. The fourth-order valence-electron chi connectivity index (χ4n) is 4.01. The van der Waals surface area contributed by atoms with Crippen LogP contribution in [0.5, 0.6) is 0 Å². The highest BCUT2D eigenvalue weighted by Crippen LogP contribution is 2.36. The maximum atomic E-state index is 4.72. The van der Waals surface area contributed by atoms with Gasteiger partial charge in [-0.3, -0.25) is 0 Å². The number of guanidine groups is 1. The van der Waals surface area contributed by atoms with Crippen molar-refractivity contribution in [1.82, 2.24) is 25.3 Å². The molecule has 1 aliphatic carbocycles. The van der Waals surface area contributed by atoms with Crippen molar-refractivity contribution in [2.24, 2.45) is 4.99 Å². The Kier molecular flexibility index (Phi) is 4.04. The Balaban J connectivity index is 1.72. The van der Waals surface area contributed by atoms with E-state index in [0.717, 1.165) is 24.6 Å². The predicted octanol–water partition coefficient (Wildman–Crippen LogP) is 2.50. The minimum absolute atomic E-state index is 0.207. The van der Waals surface area contributed by atoms with E-state index < -0.39 is 0 Å². The summed E-state index contributed by atoms with van der Waals surface area (Å²) in [7, 11) is 0. The van der Waals surface area contributed by atoms with Gasteiger partial charge in [0.15, 0.2) is 5.96 Å². The number of nitrogens with zero attached hydrogens (tertiary/aromatic N) is 4. The maximum absolute atomic E-state index is 4.72. The van der Waals surface area contributed by atoms with Gasteiger partial charge in [0.25, 0.3) is 0 Å². The lowest BCUT2D eigenvalue weighted by Gasteiger charge is -2.43. The van der Waals surface area contributed by atoms with Crippen molar-refractivity contribution in [3.8, 4) is 0 Å². The van der Waals surface area contributed by atoms with Gasteiger partial charge in [0.05, 0.1) is 5.70 Å². The summed E-state index contributed by atoms with van der Waals surface area (Å²) in [6.07, 6.45) is 12.5. The molecule has 0 spiro atoms. The monoisotopic (exact) mass is 326 g/mol. The van der Waals surface area contributed by atoms with E-state index in [4.69, 9.17) is 4.99 Å². The molecule has 1 unspecified atom stereocenters. The number of aliphatic imine (C=N–C) groups is 1. The predicted molar refractivity (Wildman–Crippen MR) is 95.9 cm³/mol. The Hall–Kier alpha value is -2.24. The van der Waals surface area contributed by atoms with Crippen molar-refractivity contribution in [2.45, 2.75) is 58.2 Å². The molecule has 3 aliphatic rings. The molecule has 1 aromatic heterocycles. The van der Waals surface area contributed by atoms with Crippen LogP contribution in [0.3, 0.4) is 0 Å². The smallest absolute Gasteiger partial charge is 0.198 e. The molecule has 2 N–H and O–H groups in total. The van der Waals surface area contributed by atoms with Gasteiger partial charge in [-0.1, -0.05) is 12.8 Å². The first-order valence-corrected chi connectivity index (χ1v) is 9.03. The molecule has 1 saturated carbocycles. The lowest BCUT2D eigenvalue weighted by Crippen LogP contribution is -2.56. The fraction of sp³-hybridized carbons (Fsp3) is 0.556. The highest BCUT2D eigenvalue weighted by Gasteiger charge is 2.36. The number of nitrogens with one attached hydrogen (secondary N) is 2. The Labute approximate surface area is 143 Å². The molecule has 6 heteroatoms. The van der Waals surface area contributed by atoms with E-state index in [1.165, 1.54) is 37.0 Å². The van der Waals surface area contributed by atoms with Gasteiger partial charge in [-0.15, -0.1) is 0 Å². The molecule has 128 valence electrons. The number of hydrogen-bond donors (Lipinski definition) is 2. The van der Waals surface area contributed by atoms with Crippen LogP contribution in [0.15, 0.2) is 40.9 Å². The molecule has 1 atom stereocenters. The first-order chi connectivity index (χ1) is 11.8. The normalized spacial score (nSPS) is 24.4. The largest absolute Gasteiger partial charge is 0.356 e. The highest BCUT2D eigenvalue weighted by atomic mass is 15.4. The summed E-state index contributed by atoms with van der Waals surface area (Å²) in [4.78, 5) is 7.24. The zero-order chi connectivity index (χ0) is 16.5. The van der Waals surface area contributed by atoms with Crippen LogP contribution in [0, 0.1) is 0 Å². The Morgan fingerprint density at radius 1 is 1.33 bits per heavy atom. The maximum Gasteiger partial charge on any atom is 0.198 e. The first-order valence-electron chi connectivity index (χ1n) is 9.03. The summed E-state index contributed by atoms with van der Waals surface area (Å²) in [5, 5.41) is 11.4. The van der Waals surface area contributed by atoms with Crippen molar-refractivity contribution < 1.29 is 0 Å². The SMILES string of the molecule is CCNC1=NC(C)=C2CC(n3cccn3)=CN(C3CCCC3)C2N1. The highest BCUT2D eigenvalue weighted by molar-refractivity contribution is 5.83. The molecule has 1 aromatic rings. The molecule has 1 fully saturated rings. The van der Waals surface area contributed by atoms with Crippen LogP contribution >= 0.6 is 0 Å². The van der Waals surface area contributed by atoms with Gasteiger partial charge in [-0.25, -0.2) is 9.67 Å². The van der Waals surface area contributed by atoms with Gasteiger partial charge in [-0.05, 0) is 38.3 Å². The summed E-state index contributed by atoms with van der Waals surface area (Å²) in [6, 6.07) is 2.58. The van der Waals surface area contributed by atoms with Crippen LogP contribution in [-0.2, 0) is 0 Å². The second kappa shape index (κ2) is 6.34. The van der Waals surface area contributed by atoms with E-state index >= 15 is 0 Å². The van der Waals surface area contributed by atoms with E-state index in [1.54, 1.807) is 0 Å². The molecule has 24 heavy (non-hydrogen) atoms. The van der Waals surface area contributed by atoms with Crippen LogP contribution in [-0.4, -0.2) is 39.4 Å².